The molecule has 4 bridgehead atoms. The first kappa shape index (κ1) is 11.5. The average Bonchev–Trinajstić information content (AvgIpc) is 2.69. The molecule has 19 heavy (non-hydrogen) atoms. The Labute approximate surface area is 112 Å². The first-order valence-electron chi connectivity index (χ1n) is 7.27. The van der Waals surface area contributed by atoms with Crippen molar-refractivity contribution in [3.8, 4) is 0 Å². The molecule has 4 heteroatoms. The van der Waals surface area contributed by atoms with Crippen LogP contribution in [0.2, 0.25) is 0 Å². The highest BCUT2D eigenvalue weighted by Crippen LogP contribution is 2.60. The maximum atomic E-state index is 11.1. The second-order valence-electron chi connectivity index (χ2n) is 6.99. The van der Waals surface area contributed by atoms with Crippen molar-refractivity contribution in [3.63, 3.8) is 0 Å². The lowest BCUT2D eigenvalue weighted by atomic mass is 9.48. The van der Waals surface area contributed by atoms with E-state index in [0.29, 0.717) is 0 Å². The molecule has 1 aromatic rings. The van der Waals surface area contributed by atoms with Crippen LogP contribution < -0.4 is 0 Å². The first-order chi connectivity index (χ1) is 9.07. The van der Waals surface area contributed by atoms with Crippen molar-refractivity contribution < 1.29 is 14.4 Å². The van der Waals surface area contributed by atoms with E-state index in [4.69, 9.17) is 9.63 Å². The number of aromatic nitrogens is 1. The Balaban J connectivity index is 1.77. The summed E-state index contributed by atoms with van der Waals surface area (Å²) in [5.74, 6) is 1.52. The number of hydrogen-bond donors (Lipinski definition) is 1. The molecule has 1 N–H and O–H groups in total. The number of carboxylic acids is 1. The van der Waals surface area contributed by atoms with Crippen LogP contribution >= 0.6 is 0 Å². The largest absolute Gasteiger partial charge is 0.475 e. The fourth-order valence-electron chi connectivity index (χ4n) is 5.43. The molecular formula is C15H19NO3. The van der Waals surface area contributed by atoms with E-state index in [1.54, 1.807) is 0 Å². The van der Waals surface area contributed by atoms with Gasteiger partial charge in [0.2, 0.25) is 5.76 Å². The van der Waals surface area contributed by atoms with E-state index in [1.165, 1.54) is 38.5 Å². The summed E-state index contributed by atoms with van der Waals surface area (Å²) in [6, 6.07) is 0. The lowest BCUT2D eigenvalue weighted by Crippen LogP contribution is -2.49. The number of carboxylic acid groups (broad SMARTS) is 1. The molecule has 102 valence electrons. The summed E-state index contributed by atoms with van der Waals surface area (Å²) in [5.41, 5.74) is 1.83. The Bertz CT molecular complexity index is 510. The quantitative estimate of drug-likeness (QED) is 0.888. The molecule has 0 aliphatic heterocycles. The summed E-state index contributed by atoms with van der Waals surface area (Å²) in [5, 5.41) is 13.3. The number of rotatable bonds is 2. The second-order valence-corrected chi connectivity index (χ2v) is 6.99. The molecule has 1 heterocycles. The van der Waals surface area contributed by atoms with Crippen molar-refractivity contribution in [1.82, 2.24) is 5.16 Å². The third-order valence-electron chi connectivity index (χ3n) is 5.66. The summed E-state index contributed by atoms with van der Waals surface area (Å²) >= 11 is 0. The highest BCUT2D eigenvalue weighted by molar-refractivity contribution is 5.86. The number of aromatic carboxylic acids is 1. The number of hydrogen-bond acceptors (Lipinski definition) is 3. The van der Waals surface area contributed by atoms with Crippen LogP contribution in [0.1, 0.15) is 60.3 Å². The molecule has 0 aromatic carbocycles. The SMILES string of the molecule is Cc1c(C23CC4CC(CC(C4)C2)C3)noc1C(=O)O. The van der Waals surface area contributed by atoms with Gasteiger partial charge in [-0.25, -0.2) is 4.79 Å². The maximum Gasteiger partial charge on any atom is 0.375 e. The minimum absolute atomic E-state index is 0.0331. The van der Waals surface area contributed by atoms with Gasteiger partial charge in [0.05, 0.1) is 5.69 Å². The molecule has 0 atom stereocenters. The van der Waals surface area contributed by atoms with Crippen molar-refractivity contribution in [2.45, 2.75) is 50.9 Å². The molecule has 4 nitrogen and oxygen atoms in total. The van der Waals surface area contributed by atoms with Gasteiger partial charge in [-0.3, -0.25) is 0 Å². The molecule has 0 unspecified atom stereocenters. The highest BCUT2D eigenvalue weighted by Gasteiger charge is 2.53. The molecule has 0 radical (unpaired) electrons. The number of nitrogens with zero attached hydrogens (tertiary/aromatic N) is 1. The van der Waals surface area contributed by atoms with Gasteiger partial charge in [0, 0.05) is 11.0 Å². The maximum absolute atomic E-state index is 11.1. The van der Waals surface area contributed by atoms with Crippen molar-refractivity contribution in [1.29, 1.82) is 0 Å². The van der Waals surface area contributed by atoms with E-state index in [2.05, 4.69) is 5.16 Å². The summed E-state index contributed by atoms with van der Waals surface area (Å²) in [6.07, 6.45) is 7.69. The predicted octanol–water partition coefficient (Wildman–Crippen LogP) is 3.15. The van der Waals surface area contributed by atoms with Gasteiger partial charge in [0.15, 0.2) is 0 Å². The van der Waals surface area contributed by atoms with Crippen LogP contribution in [0.3, 0.4) is 0 Å². The van der Waals surface area contributed by atoms with E-state index in [9.17, 15) is 4.79 Å². The monoisotopic (exact) mass is 261 g/mol. The average molecular weight is 261 g/mol. The fraction of sp³-hybridized carbons (Fsp3) is 0.733. The van der Waals surface area contributed by atoms with Gasteiger partial charge in [-0.1, -0.05) is 5.16 Å². The molecule has 0 amide bonds. The highest BCUT2D eigenvalue weighted by atomic mass is 16.5. The summed E-state index contributed by atoms with van der Waals surface area (Å²) in [4.78, 5) is 11.1. The molecule has 0 spiro atoms. The van der Waals surface area contributed by atoms with E-state index in [1.807, 2.05) is 6.92 Å². The van der Waals surface area contributed by atoms with Crippen LogP contribution in [-0.2, 0) is 5.41 Å². The molecule has 4 aliphatic carbocycles. The summed E-state index contributed by atoms with van der Waals surface area (Å²) in [6.45, 7) is 1.86. The van der Waals surface area contributed by atoms with E-state index in [-0.39, 0.29) is 11.2 Å². The van der Waals surface area contributed by atoms with Crippen molar-refractivity contribution in [2.24, 2.45) is 17.8 Å². The van der Waals surface area contributed by atoms with Crippen LogP contribution in [0.5, 0.6) is 0 Å². The lowest BCUT2D eigenvalue weighted by Gasteiger charge is -2.56. The predicted molar refractivity (Wildman–Crippen MR) is 68.0 cm³/mol. The van der Waals surface area contributed by atoms with Gasteiger partial charge in [-0.05, 0) is 63.2 Å². The van der Waals surface area contributed by atoms with Gasteiger partial charge >= 0.3 is 5.97 Å². The molecule has 0 saturated heterocycles. The summed E-state index contributed by atoms with van der Waals surface area (Å²) < 4.78 is 5.10. The van der Waals surface area contributed by atoms with Crippen LogP contribution in [0.25, 0.3) is 0 Å². The Morgan fingerprint density at radius 2 is 1.74 bits per heavy atom. The van der Waals surface area contributed by atoms with E-state index in [0.717, 1.165) is 29.0 Å². The first-order valence-corrected chi connectivity index (χ1v) is 7.27. The van der Waals surface area contributed by atoms with Crippen molar-refractivity contribution in [3.05, 3.63) is 17.0 Å². The van der Waals surface area contributed by atoms with Gasteiger partial charge in [0.1, 0.15) is 0 Å². The molecule has 1 aromatic heterocycles. The minimum atomic E-state index is -0.999. The normalized spacial score (nSPS) is 39.7. The second kappa shape index (κ2) is 3.62. The standard InChI is InChI=1S/C15H19NO3/c1-8-12(14(17)18)19-16-13(8)15-5-9-2-10(6-15)4-11(3-9)7-15/h9-11H,2-7H2,1H3,(H,17,18). The summed E-state index contributed by atoms with van der Waals surface area (Å²) in [7, 11) is 0. The topological polar surface area (TPSA) is 63.3 Å². The van der Waals surface area contributed by atoms with Gasteiger partial charge in [-0.15, -0.1) is 0 Å². The van der Waals surface area contributed by atoms with Gasteiger partial charge < -0.3 is 9.63 Å². The Kier molecular flexibility index (Phi) is 2.19. The van der Waals surface area contributed by atoms with Crippen LogP contribution in [0, 0.1) is 24.7 Å². The molecule has 4 fully saturated rings. The molecular weight excluding hydrogens is 242 g/mol. The number of carbonyl (C=O) groups is 1. The molecule has 4 aliphatic rings. The third-order valence-corrected chi connectivity index (χ3v) is 5.66. The minimum Gasteiger partial charge on any atom is -0.475 e. The molecule has 5 rings (SSSR count). The van der Waals surface area contributed by atoms with Crippen molar-refractivity contribution >= 4 is 5.97 Å². The van der Waals surface area contributed by atoms with Gasteiger partial charge in [0.25, 0.3) is 0 Å². The van der Waals surface area contributed by atoms with Gasteiger partial charge in [-0.2, -0.15) is 0 Å². The molecule has 4 saturated carbocycles. The smallest absolute Gasteiger partial charge is 0.375 e. The van der Waals surface area contributed by atoms with Crippen LogP contribution in [0.4, 0.5) is 0 Å². The Hall–Kier alpha value is -1.32. The van der Waals surface area contributed by atoms with E-state index < -0.39 is 5.97 Å². The zero-order valence-electron chi connectivity index (χ0n) is 11.2. The Morgan fingerprint density at radius 3 is 2.16 bits per heavy atom. The lowest BCUT2D eigenvalue weighted by molar-refractivity contribution is -0.00873. The van der Waals surface area contributed by atoms with E-state index >= 15 is 0 Å². The zero-order valence-corrected chi connectivity index (χ0v) is 11.2. The Morgan fingerprint density at radius 1 is 1.21 bits per heavy atom. The van der Waals surface area contributed by atoms with Crippen LogP contribution in [0.15, 0.2) is 4.52 Å². The third kappa shape index (κ3) is 1.52. The van der Waals surface area contributed by atoms with Crippen molar-refractivity contribution in [2.75, 3.05) is 0 Å². The van der Waals surface area contributed by atoms with Crippen LogP contribution in [-0.4, -0.2) is 16.2 Å². The zero-order chi connectivity index (χ0) is 13.2. The fourth-order valence-corrected chi connectivity index (χ4v) is 5.43.